The second-order valence-electron chi connectivity index (χ2n) is 2.91. The maximum atomic E-state index is 4.22. The Labute approximate surface area is 94.8 Å². The van der Waals surface area contributed by atoms with Crippen molar-refractivity contribution >= 4 is 43.2 Å². The van der Waals surface area contributed by atoms with E-state index in [2.05, 4.69) is 38.9 Å². The van der Waals surface area contributed by atoms with Crippen molar-refractivity contribution in [2.45, 2.75) is 0 Å². The van der Waals surface area contributed by atoms with Crippen LogP contribution in [0.25, 0.3) is 10.2 Å². The molecular weight excluding hydrogens is 260 g/mol. The first-order chi connectivity index (χ1) is 6.75. The highest BCUT2D eigenvalue weighted by atomic mass is 79.9. The summed E-state index contributed by atoms with van der Waals surface area (Å²) in [5.41, 5.74) is 4.01. The van der Waals surface area contributed by atoms with Crippen molar-refractivity contribution in [3.63, 3.8) is 0 Å². The zero-order valence-corrected chi connectivity index (χ0v) is 9.86. The van der Waals surface area contributed by atoms with Gasteiger partial charge in [0.1, 0.15) is 0 Å². The van der Waals surface area contributed by atoms with Crippen LogP contribution in [0.15, 0.2) is 34.8 Å². The van der Waals surface area contributed by atoms with Gasteiger partial charge in [0.25, 0.3) is 0 Å². The number of anilines is 1. The molecule has 2 aromatic rings. The molecule has 0 bridgehead atoms. The van der Waals surface area contributed by atoms with E-state index in [1.807, 2.05) is 17.6 Å². The molecule has 0 saturated heterocycles. The predicted molar refractivity (Wildman–Crippen MR) is 66.2 cm³/mol. The van der Waals surface area contributed by atoms with Gasteiger partial charge in [0, 0.05) is 16.7 Å². The molecule has 14 heavy (non-hydrogen) atoms. The summed E-state index contributed by atoms with van der Waals surface area (Å²) in [4.78, 5) is 4.22. The van der Waals surface area contributed by atoms with Crippen LogP contribution in [0.4, 0.5) is 5.69 Å². The number of aromatic nitrogens is 1. The third kappa shape index (κ3) is 2.13. The smallest absolute Gasteiger partial charge is 0.0813 e. The lowest BCUT2D eigenvalue weighted by molar-refractivity contribution is 1.33. The molecule has 0 spiro atoms. The highest BCUT2D eigenvalue weighted by Crippen LogP contribution is 2.21. The fraction of sp³-hybridized carbons (Fsp3) is 0.100. The summed E-state index contributed by atoms with van der Waals surface area (Å²) in [5.74, 6) is 0. The Morgan fingerprint density at radius 2 is 2.43 bits per heavy atom. The van der Waals surface area contributed by atoms with Crippen LogP contribution in [-0.4, -0.2) is 11.5 Å². The van der Waals surface area contributed by atoms with Gasteiger partial charge in [0.05, 0.1) is 15.7 Å². The minimum Gasteiger partial charge on any atom is -0.380 e. The average Bonchev–Trinajstić information content (AvgIpc) is 2.61. The lowest BCUT2D eigenvalue weighted by Crippen LogP contribution is -1.99. The Bertz CT molecular complexity index is 464. The van der Waals surface area contributed by atoms with E-state index in [9.17, 15) is 0 Å². The summed E-state index contributed by atoms with van der Waals surface area (Å²) < 4.78 is 2.15. The maximum Gasteiger partial charge on any atom is 0.0813 e. The van der Waals surface area contributed by atoms with Gasteiger partial charge in [-0.25, -0.2) is 4.98 Å². The molecule has 0 aliphatic carbocycles. The van der Waals surface area contributed by atoms with Gasteiger partial charge in [-0.2, -0.15) is 0 Å². The van der Waals surface area contributed by atoms with Gasteiger partial charge in [0.15, 0.2) is 0 Å². The molecule has 1 N–H and O–H groups in total. The standard InChI is InChI=1S/C10H9BrN2S/c1-7(11)5-12-8-2-3-9-10(4-8)14-6-13-9/h2-4,6,12H,1,5H2. The van der Waals surface area contributed by atoms with E-state index in [1.54, 1.807) is 11.3 Å². The Kier molecular flexibility index (Phi) is 2.84. The lowest BCUT2D eigenvalue weighted by Gasteiger charge is -2.04. The highest BCUT2D eigenvalue weighted by Gasteiger charge is 1.98. The molecule has 0 unspecified atom stereocenters. The van der Waals surface area contributed by atoms with Crippen LogP contribution < -0.4 is 5.32 Å². The van der Waals surface area contributed by atoms with Crippen LogP contribution in [0.5, 0.6) is 0 Å². The van der Waals surface area contributed by atoms with Gasteiger partial charge in [-0.15, -0.1) is 11.3 Å². The number of hydrogen-bond acceptors (Lipinski definition) is 3. The molecule has 1 aromatic carbocycles. The molecule has 0 aliphatic rings. The van der Waals surface area contributed by atoms with E-state index in [4.69, 9.17) is 0 Å². The number of thiazole rings is 1. The monoisotopic (exact) mass is 268 g/mol. The van der Waals surface area contributed by atoms with Gasteiger partial charge in [-0.1, -0.05) is 22.5 Å². The van der Waals surface area contributed by atoms with E-state index in [-0.39, 0.29) is 0 Å². The summed E-state index contributed by atoms with van der Waals surface area (Å²) in [6, 6.07) is 6.14. The summed E-state index contributed by atoms with van der Waals surface area (Å²) in [6.45, 7) is 4.51. The second kappa shape index (κ2) is 4.11. The van der Waals surface area contributed by atoms with Crippen molar-refractivity contribution in [1.29, 1.82) is 0 Å². The molecule has 1 aromatic heterocycles. The minimum absolute atomic E-state index is 0.740. The van der Waals surface area contributed by atoms with Crippen molar-refractivity contribution in [2.75, 3.05) is 11.9 Å². The van der Waals surface area contributed by atoms with Crippen molar-refractivity contribution < 1.29 is 0 Å². The molecule has 0 radical (unpaired) electrons. The van der Waals surface area contributed by atoms with E-state index in [0.717, 1.165) is 22.2 Å². The van der Waals surface area contributed by atoms with Gasteiger partial charge >= 0.3 is 0 Å². The number of benzene rings is 1. The molecule has 0 atom stereocenters. The summed E-state index contributed by atoms with van der Waals surface area (Å²) >= 11 is 4.96. The van der Waals surface area contributed by atoms with Crippen molar-refractivity contribution in [3.8, 4) is 0 Å². The van der Waals surface area contributed by atoms with Crippen molar-refractivity contribution in [3.05, 3.63) is 34.8 Å². The molecule has 2 rings (SSSR count). The Balaban J connectivity index is 2.21. The molecule has 2 nitrogen and oxygen atoms in total. The molecule has 0 saturated carbocycles. The Morgan fingerprint density at radius 1 is 1.57 bits per heavy atom. The van der Waals surface area contributed by atoms with E-state index in [0.29, 0.717) is 0 Å². The number of fused-ring (bicyclic) bond motifs is 1. The number of nitrogens with one attached hydrogen (secondary N) is 1. The van der Waals surface area contributed by atoms with Crippen LogP contribution in [0.1, 0.15) is 0 Å². The van der Waals surface area contributed by atoms with Gasteiger partial charge in [0.2, 0.25) is 0 Å². The highest BCUT2D eigenvalue weighted by molar-refractivity contribution is 9.11. The van der Waals surface area contributed by atoms with Gasteiger partial charge < -0.3 is 5.32 Å². The first-order valence-corrected chi connectivity index (χ1v) is 5.83. The fourth-order valence-corrected chi connectivity index (χ4v) is 2.02. The van der Waals surface area contributed by atoms with Gasteiger partial charge in [-0.3, -0.25) is 0 Å². The molecule has 0 aliphatic heterocycles. The van der Waals surface area contributed by atoms with Crippen molar-refractivity contribution in [1.82, 2.24) is 4.98 Å². The van der Waals surface area contributed by atoms with Crippen LogP contribution >= 0.6 is 27.3 Å². The number of rotatable bonds is 3. The van der Waals surface area contributed by atoms with Gasteiger partial charge in [-0.05, 0) is 18.2 Å². The summed E-state index contributed by atoms with van der Waals surface area (Å²) in [5, 5.41) is 3.26. The van der Waals surface area contributed by atoms with Crippen LogP contribution in [0, 0.1) is 0 Å². The van der Waals surface area contributed by atoms with Crippen molar-refractivity contribution in [2.24, 2.45) is 0 Å². The fourth-order valence-electron chi connectivity index (χ4n) is 1.16. The lowest BCUT2D eigenvalue weighted by atomic mass is 10.3. The minimum atomic E-state index is 0.740. The Morgan fingerprint density at radius 3 is 3.21 bits per heavy atom. The predicted octanol–water partition coefficient (Wildman–Crippen LogP) is 3.62. The first kappa shape index (κ1) is 9.68. The Hall–Kier alpha value is -0.870. The second-order valence-corrected chi connectivity index (χ2v) is 4.91. The molecule has 72 valence electrons. The van der Waals surface area contributed by atoms with Crippen LogP contribution in [0.2, 0.25) is 0 Å². The van der Waals surface area contributed by atoms with Crippen LogP contribution in [-0.2, 0) is 0 Å². The third-order valence-electron chi connectivity index (χ3n) is 1.82. The van der Waals surface area contributed by atoms with E-state index in [1.165, 1.54) is 4.70 Å². The van der Waals surface area contributed by atoms with Crippen LogP contribution in [0.3, 0.4) is 0 Å². The van der Waals surface area contributed by atoms with E-state index < -0.39 is 0 Å². The maximum absolute atomic E-state index is 4.22. The molecule has 1 heterocycles. The quantitative estimate of drug-likeness (QED) is 0.920. The zero-order valence-electron chi connectivity index (χ0n) is 7.46. The number of halogens is 1. The third-order valence-corrected chi connectivity index (χ3v) is 2.89. The summed E-state index contributed by atoms with van der Waals surface area (Å²) in [6.07, 6.45) is 0. The molecule has 0 amide bonds. The topological polar surface area (TPSA) is 24.9 Å². The average molecular weight is 269 g/mol. The zero-order chi connectivity index (χ0) is 9.97. The largest absolute Gasteiger partial charge is 0.380 e. The molecule has 0 fully saturated rings. The summed E-state index contributed by atoms with van der Waals surface area (Å²) in [7, 11) is 0. The molecule has 4 heteroatoms. The number of nitrogens with zero attached hydrogens (tertiary/aromatic N) is 1. The first-order valence-electron chi connectivity index (χ1n) is 4.16. The normalized spacial score (nSPS) is 10.4. The van der Waals surface area contributed by atoms with E-state index >= 15 is 0 Å². The number of hydrogen-bond donors (Lipinski definition) is 1. The SMILES string of the molecule is C=C(Br)CNc1ccc2ncsc2c1. The molecular formula is C10H9BrN2S.